The van der Waals surface area contributed by atoms with E-state index in [-0.39, 0.29) is 0 Å². The maximum atomic E-state index is 4.50. The molecule has 1 N–H and O–H groups in total. The van der Waals surface area contributed by atoms with Crippen molar-refractivity contribution >= 4 is 32.7 Å². The highest BCUT2D eigenvalue weighted by atomic mass is 32.1. The average molecular weight is 266 g/mol. The number of nitrogens with one attached hydrogen (secondary N) is 1. The van der Waals surface area contributed by atoms with Crippen molar-refractivity contribution in [2.24, 2.45) is 0 Å². The Hall–Kier alpha value is -2.27. The summed E-state index contributed by atoms with van der Waals surface area (Å²) in [6.07, 6.45) is 2.54. The number of fused-ring (bicyclic) bond motifs is 2. The molecule has 0 aliphatic carbocycles. The first-order valence-corrected chi connectivity index (χ1v) is 6.88. The van der Waals surface area contributed by atoms with E-state index in [0.717, 1.165) is 28.9 Å². The molecule has 0 saturated heterocycles. The lowest BCUT2D eigenvalue weighted by molar-refractivity contribution is 1.04. The summed E-state index contributed by atoms with van der Waals surface area (Å²) in [5, 5.41) is 0. The van der Waals surface area contributed by atoms with Crippen molar-refractivity contribution in [3.05, 3.63) is 53.4 Å². The van der Waals surface area contributed by atoms with Gasteiger partial charge in [-0.15, -0.1) is 11.3 Å². The van der Waals surface area contributed by atoms with Crippen molar-refractivity contribution < 1.29 is 0 Å². The van der Waals surface area contributed by atoms with Crippen LogP contribution in [0.2, 0.25) is 0 Å². The number of hydrogen-bond donors (Lipinski definition) is 1. The monoisotopic (exact) mass is 266 g/mol. The predicted octanol–water partition coefficient (Wildman–Crippen LogP) is 3.16. The highest BCUT2D eigenvalue weighted by molar-refractivity contribution is 7.16. The number of imidazole rings is 1. The van der Waals surface area contributed by atoms with Gasteiger partial charge in [-0.2, -0.15) is 0 Å². The van der Waals surface area contributed by atoms with Gasteiger partial charge in [0.05, 0.1) is 21.2 Å². The van der Waals surface area contributed by atoms with Crippen molar-refractivity contribution in [1.29, 1.82) is 0 Å². The van der Waals surface area contributed by atoms with Gasteiger partial charge in [0, 0.05) is 12.6 Å². The van der Waals surface area contributed by atoms with Crippen LogP contribution in [-0.4, -0.2) is 19.9 Å². The van der Waals surface area contributed by atoms with Gasteiger partial charge < -0.3 is 4.98 Å². The molecule has 1 aromatic carbocycles. The van der Waals surface area contributed by atoms with E-state index in [0.29, 0.717) is 0 Å². The minimum absolute atomic E-state index is 0.774. The fourth-order valence-electron chi connectivity index (χ4n) is 2.18. The molecule has 0 aliphatic rings. The number of rotatable bonds is 2. The van der Waals surface area contributed by atoms with Gasteiger partial charge in [0.2, 0.25) is 0 Å². The summed E-state index contributed by atoms with van der Waals surface area (Å²) in [7, 11) is 0. The number of nitrogens with zero attached hydrogens (tertiary/aromatic N) is 3. The molecule has 0 amide bonds. The molecule has 0 unspecified atom stereocenters. The minimum atomic E-state index is 0.774. The number of pyridine rings is 1. The molecule has 4 nitrogen and oxygen atoms in total. The standard InChI is InChI=1S/C14H10N4S/c1-2-11-14(15-5-1)18-13(17-11)7-9-3-4-10-12(6-9)19-8-16-10/h1-6,8H,7H2,(H,15,17,18). The second-order valence-corrected chi connectivity index (χ2v) is 5.28. The molecule has 92 valence electrons. The molecule has 19 heavy (non-hydrogen) atoms. The first-order valence-electron chi connectivity index (χ1n) is 6.00. The fraction of sp³-hybridized carbons (Fsp3) is 0.0714. The number of benzene rings is 1. The lowest BCUT2D eigenvalue weighted by Gasteiger charge is -1.97. The van der Waals surface area contributed by atoms with Crippen molar-refractivity contribution in [1.82, 2.24) is 19.9 Å². The van der Waals surface area contributed by atoms with Crippen LogP contribution in [0, 0.1) is 0 Å². The van der Waals surface area contributed by atoms with E-state index in [4.69, 9.17) is 0 Å². The van der Waals surface area contributed by atoms with Crippen LogP contribution in [0.25, 0.3) is 21.4 Å². The Morgan fingerprint density at radius 1 is 1.16 bits per heavy atom. The highest BCUT2D eigenvalue weighted by Crippen LogP contribution is 2.20. The molecule has 5 heteroatoms. The Morgan fingerprint density at radius 2 is 2.16 bits per heavy atom. The highest BCUT2D eigenvalue weighted by Gasteiger charge is 2.05. The number of hydrogen-bond acceptors (Lipinski definition) is 4. The lowest BCUT2D eigenvalue weighted by Crippen LogP contribution is -1.90. The SMILES string of the molecule is c1cnc2nc(Cc3ccc4ncsc4c3)[nH]c2c1. The topological polar surface area (TPSA) is 54.5 Å². The Balaban J connectivity index is 1.72. The summed E-state index contributed by atoms with van der Waals surface area (Å²) in [5.41, 5.74) is 5.92. The Bertz CT molecular complexity index is 829. The molecule has 0 saturated carbocycles. The predicted molar refractivity (Wildman–Crippen MR) is 76.3 cm³/mol. The van der Waals surface area contributed by atoms with Crippen LogP contribution in [-0.2, 0) is 6.42 Å². The number of thiazole rings is 1. The van der Waals surface area contributed by atoms with Gasteiger partial charge in [-0.05, 0) is 29.8 Å². The molecule has 0 aliphatic heterocycles. The number of H-pyrrole nitrogens is 1. The van der Waals surface area contributed by atoms with Gasteiger partial charge in [0.15, 0.2) is 5.65 Å². The fourth-order valence-corrected chi connectivity index (χ4v) is 2.92. The van der Waals surface area contributed by atoms with Gasteiger partial charge >= 0.3 is 0 Å². The third-order valence-electron chi connectivity index (χ3n) is 3.07. The summed E-state index contributed by atoms with van der Waals surface area (Å²) >= 11 is 1.66. The third kappa shape index (κ3) is 1.88. The molecular formula is C14H10N4S. The minimum Gasteiger partial charge on any atom is -0.340 e. The van der Waals surface area contributed by atoms with Crippen LogP contribution >= 0.6 is 11.3 Å². The van der Waals surface area contributed by atoms with Crippen molar-refractivity contribution in [3.8, 4) is 0 Å². The Morgan fingerprint density at radius 3 is 3.11 bits per heavy atom. The van der Waals surface area contributed by atoms with Crippen molar-refractivity contribution in [2.75, 3.05) is 0 Å². The molecule has 3 aromatic heterocycles. The molecular weight excluding hydrogens is 256 g/mol. The molecule has 0 bridgehead atoms. The molecule has 0 radical (unpaired) electrons. The summed E-state index contributed by atoms with van der Waals surface area (Å²) in [6, 6.07) is 10.2. The molecule has 3 heterocycles. The lowest BCUT2D eigenvalue weighted by atomic mass is 10.1. The first-order chi connectivity index (χ1) is 9.38. The van der Waals surface area contributed by atoms with E-state index in [9.17, 15) is 0 Å². The average Bonchev–Trinajstić information content (AvgIpc) is 3.03. The molecule has 0 fully saturated rings. The summed E-state index contributed by atoms with van der Waals surface area (Å²) < 4.78 is 1.21. The van der Waals surface area contributed by atoms with Crippen LogP contribution in [0.5, 0.6) is 0 Å². The zero-order valence-electron chi connectivity index (χ0n) is 10.00. The quantitative estimate of drug-likeness (QED) is 0.606. The Labute approximate surface area is 113 Å². The molecule has 4 aromatic rings. The first kappa shape index (κ1) is 10.6. The summed E-state index contributed by atoms with van der Waals surface area (Å²) in [6.45, 7) is 0. The zero-order chi connectivity index (χ0) is 12.7. The molecule has 0 spiro atoms. The van der Waals surface area contributed by atoms with Crippen LogP contribution in [0.3, 0.4) is 0 Å². The van der Waals surface area contributed by atoms with Crippen LogP contribution in [0.1, 0.15) is 11.4 Å². The van der Waals surface area contributed by atoms with Crippen LogP contribution < -0.4 is 0 Å². The number of aromatic nitrogens is 4. The van der Waals surface area contributed by atoms with Gasteiger partial charge in [0.25, 0.3) is 0 Å². The van der Waals surface area contributed by atoms with E-state index in [1.807, 2.05) is 17.6 Å². The second-order valence-electron chi connectivity index (χ2n) is 4.39. The largest absolute Gasteiger partial charge is 0.340 e. The number of aromatic amines is 1. The third-order valence-corrected chi connectivity index (χ3v) is 3.87. The van der Waals surface area contributed by atoms with Crippen LogP contribution in [0.15, 0.2) is 42.0 Å². The zero-order valence-corrected chi connectivity index (χ0v) is 10.8. The summed E-state index contributed by atoms with van der Waals surface area (Å²) in [5.74, 6) is 0.942. The van der Waals surface area contributed by atoms with E-state index in [2.05, 4.69) is 38.1 Å². The van der Waals surface area contributed by atoms with Crippen molar-refractivity contribution in [3.63, 3.8) is 0 Å². The normalized spacial score (nSPS) is 11.4. The van der Waals surface area contributed by atoms with Gasteiger partial charge in [-0.25, -0.2) is 15.0 Å². The van der Waals surface area contributed by atoms with Crippen LogP contribution in [0.4, 0.5) is 0 Å². The smallest absolute Gasteiger partial charge is 0.177 e. The Kier molecular flexibility index (Phi) is 2.31. The molecule has 0 atom stereocenters. The maximum absolute atomic E-state index is 4.50. The van der Waals surface area contributed by atoms with Gasteiger partial charge in [0.1, 0.15) is 5.82 Å². The van der Waals surface area contributed by atoms with Gasteiger partial charge in [-0.1, -0.05) is 6.07 Å². The van der Waals surface area contributed by atoms with E-state index >= 15 is 0 Å². The van der Waals surface area contributed by atoms with Crippen molar-refractivity contribution in [2.45, 2.75) is 6.42 Å². The summed E-state index contributed by atoms with van der Waals surface area (Å²) in [4.78, 5) is 16.3. The second kappa shape index (κ2) is 4.13. The maximum Gasteiger partial charge on any atom is 0.177 e. The van der Waals surface area contributed by atoms with E-state index in [1.165, 1.54) is 10.3 Å². The van der Waals surface area contributed by atoms with E-state index in [1.54, 1.807) is 17.5 Å². The molecule has 4 rings (SSSR count). The van der Waals surface area contributed by atoms with E-state index < -0.39 is 0 Å². The van der Waals surface area contributed by atoms with Gasteiger partial charge in [-0.3, -0.25) is 0 Å².